The van der Waals surface area contributed by atoms with Crippen LogP contribution in [0.4, 0.5) is 0 Å². The zero-order valence-electron chi connectivity index (χ0n) is 13.8. The lowest BCUT2D eigenvalue weighted by atomic mass is 10.3. The zero-order chi connectivity index (χ0) is 18.2. The number of rotatable bonds is 14. The largest absolute Gasteiger partial charge is 0.487 e. The molecule has 7 nitrogen and oxygen atoms in total. The highest BCUT2D eigenvalue weighted by Crippen LogP contribution is 2.02. The van der Waals surface area contributed by atoms with Crippen molar-refractivity contribution in [3.63, 3.8) is 0 Å². The molecule has 0 unspecified atom stereocenters. The van der Waals surface area contributed by atoms with Gasteiger partial charge in [-0.25, -0.2) is 14.4 Å². The van der Waals surface area contributed by atoms with Crippen molar-refractivity contribution < 1.29 is 33.3 Å². The Hall–Kier alpha value is -2.57. The highest BCUT2D eigenvalue weighted by atomic mass is 16.6. The number of ether oxygens (including phenoxy) is 4. The third kappa shape index (κ3) is 12.0. The van der Waals surface area contributed by atoms with Gasteiger partial charge in [-0.1, -0.05) is 13.2 Å². The minimum absolute atomic E-state index is 0.0730. The van der Waals surface area contributed by atoms with Crippen LogP contribution in [0.2, 0.25) is 0 Å². The Morgan fingerprint density at radius 2 is 1.04 bits per heavy atom. The van der Waals surface area contributed by atoms with Gasteiger partial charge in [0.05, 0.1) is 26.4 Å². The molecule has 0 atom stereocenters. The molecule has 0 fully saturated rings. The van der Waals surface area contributed by atoms with Crippen LogP contribution in [0.5, 0.6) is 0 Å². The summed E-state index contributed by atoms with van der Waals surface area (Å²) in [5.41, 5.74) is 0. The average Bonchev–Trinajstić information content (AvgIpc) is 2.59. The van der Waals surface area contributed by atoms with Gasteiger partial charge in [0.1, 0.15) is 0 Å². The smallest absolute Gasteiger partial charge is 0.372 e. The quantitative estimate of drug-likeness (QED) is 0.157. The van der Waals surface area contributed by atoms with Gasteiger partial charge in [-0.05, 0) is 32.3 Å². The van der Waals surface area contributed by atoms with Crippen LogP contribution < -0.4 is 0 Å². The molecule has 0 spiro atoms. The van der Waals surface area contributed by atoms with Crippen molar-refractivity contribution in [1.29, 1.82) is 0 Å². The van der Waals surface area contributed by atoms with E-state index in [1.807, 2.05) is 0 Å². The molecule has 24 heavy (non-hydrogen) atoms. The molecule has 0 N–H and O–H groups in total. The van der Waals surface area contributed by atoms with Gasteiger partial charge in [0.2, 0.25) is 0 Å². The van der Waals surface area contributed by atoms with Gasteiger partial charge < -0.3 is 18.9 Å². The van der Waals surface area contributed by atoms with E-state index in [4.69, 9.17) is 18.9 Å². The van der Waals surface area contributed by atoms with Gasteiger partial charge in [-0.15, -0.1) is 0 Å². The molecule has 0 rings (SSSR count). The lowest BCUT2D eigenvalue weighted by Crippen LogP contribution is -2.12. The van der Waals surface area contributed by atoms with Gasteiger partial charge in [0, 0.05) is 12.2 Å². The van der Waals surface area contributed by atoms with Crippen LogP contribution in [-0.4, -0.2) is 44.3 Å². The van der Waals surface area contributed by atoms with Crippen molar-refractivity contribution >= 4 is 17.9 Å². The molecule has 134 valence electrons. The maximum absolute atomic E-state index is 11.6. The fourth-order valence-corrected chi connectivity index (χ4v) is 1.37. The monoisotopic (exact) mass is 340 g/mol. The van der Waals surface area contributed by atoms with Crippen LogP contribution in [0.3, 0.4) is 0 Å². The molecule has 0 heterocycles. The van der Waals surface area contributed by atoms with Crippen LogP contribution in [0.15, 0.2) is 37.6 Å². The normalized spacial score (nSPS) is 9.50. The third-order valence-electron chi connectivity index (χ3n) is 2.64. The molecule has 0 amide bonds. The molecule has 0 aromatic carbocycles. The summed E-state index contributed by atoms with van der Waals surface area (Å²) in [6.07, 6.45) is 4.51. The van der Waals surface area contributed by atoms with Crippen molar-refractivity contribution in [1.82, 2.24) is 0 Å². The first-order valence-corrected chi connectivity index (χ1v) is 7.58. The molecule has 0 saturated carbocycles. The molecular formula is C17H24O7. The summed E-state index contributed by atoms with van der Waals surface area (Å²) in [5, 5.41) is 0. The molecule has 0 aliphatic rings. The van der Waals surface area contributed by atoms with Crippen molar-refractivity contribution in [2.45, 2.75) is 25.7 Å². The van der Waals surface area contributed by atoms with Gasteiger partial charge in [-0.3, -0.25) is 0 Å². The van der Waals surface area contributed by atoms with Crippen LogP contribution in [0, 0.1) is 0 Å². The van der Waals surface area contributed by atoms with Crippen LogP contribution >= 0.6 is 0 Å². The van der Waals surface area contributed by atoms with E-state index in [0.29, 0.717) is 25.7 Å². The number of unbranched alkanes of at least 4 members (excludes halogenated alkanes) is 2. The zero-order valence-corrected chi connectivity index (χ0v) is 13.8. The highest BCUT2D eigenvalue weighted by molar-refractivity contribution is 5.85. The van der Waals surface area contributed by atoms with Gasteiger partial charge in [-0.2, -0.15) is 0 Å². The van der Waals surface area contributed by atoms with E-state index in [1.165, 1.54) is 0 Å². The van der Waals surface area contributed by atoms with Crippen molar-refractivity contribution in [2.24, 2.45) is 0 Å². The summed E-state index contributed by atoms with van der Waals surface area (Å²) < 4.78 is 19.7. The minimum atomic E-state index is -0.629. The molecule has 0 aromatic rings. The summed E-state index contributed by atoms with van der Waals surface area (Å²) in [6.45, 7) is 11.0. The Balaban J connectivity index is 3.54. The fourth-order valence-electron chi connectivity index (χ4n) is 1.37. The van der Waals surface area contributed by atoms with E-state index in [1.54, 1.807) is 0 Å². The predicted octanol–water partition coefficient (Wildman–Crippen LogP) is 2.08. The van der Waals surface area contributed by atoms with E-state index >= 15 is 0 Å². The van der Waals surface area contributed by atoms with Crippen LogP contribution in [-0.2, 0) is 33.3 Å². The standard InChI is InChI=1S/C17H24O7/c1-4-15(18)22-11-7-6-10-21-14(3)17(20)24-13-9-8-12-23-16(19)5-2/h4-5H,1-3,6-13H2. The Bertz CT molecular complexity index is 412. The van der Waals surface area contributed by atoms with E-state index in [2.05, 4.69) is 19.7 Å². The van der Waals surface area contributed by atoms with E-state index < -0.39 is 17.9 Å². The topological polar surface area (TPSA) is 88.1 Å². The van der Waals surface area contributed by atoms with Gasteiger partial charge in [0.25, 0.3) is 0 Å². The second kappa shape index (κ2) is 14.0. The molecule has 0 radical (unpaired) electrons. The molecule has 0 saturated heterocycles. The van der Waals surface area contributed by atoms with Crippen LogP contribution in [0.25, 0.3) is 0 Å². The fraction of sp³-hybridized carbons (Fsp3) is 0.471. The minimum Gasteiger partial charge on any atom is -0.487 e. The average molecular weight is 340 g/mol. The number of hydrogen-bond donors (Lipinski definition) is 0. The Kier molecular flexibility index (Phi) is 12.5. The molecule has 0 aliphatic heterocycles. The second-order valence-electron chi connectivity index (χ2n) is 4.57. The maximum atomic E-state index is 11.6. The van der Waals surface area contributed by atoms with Crippen LogP contribution in [0.1, 0.15) is 25.7 Å². The molecule has 0 aromatic heterocycles. The van der Waals surface area contributed by atoms with Crippen molar-refractivity contribution in [2.75, 3.05) is 26.4 Å². The number of carbonyl (C=O) groups excluding carboxylic acids is 3. The van der Waals surface area contributed by atoms with Gasteiger partial charge in [0.15, 0.2) is 5.76 Å². The molecule has 0 aliphatic carbocycles. The Morgan fingerprint density at radius 3 is 1.46 bits per heavy atom. The molecular weight excluding hydrogens is 316 g/mol. The number of carbonyl (C=O) groups is 3. The first-order valence-electron chi connectivity index (χ1n) is 7.58. The lowest BCUT2D eigenvalue weighted by molar-refractivity contribution is -0.144. The molecule has 0 bridgehead atoms. The van der Waals surface area contributed by atoms with E-state index in [0.717, 1.165) is 12.2 Å². The van der Waals surface area contributed by atoms with Crippen molar-refractivity contribution in [3.05, 3.63) is 37.6 Å². The summed E-state index contributed by atoms with van der Waals surface area (Å²) in [4.78, 5) is 33.1. The first-order chi connectivity index (χ1) is 11.5. The third-order valence-corrected chi connectivity index (χ3v) is 2.64. The Morgan fingerprint density at radius 1 is 0.667 bits per heavy atom. The first kappa shape index (κ1) is 21.4. The summed E-state index contributed by atoms with van der Waals surface area (Å²) >= 11 is 0. The lowest BCUT2D eigenvalue weighted by Gasteiger charge is -2.09. The molecule has 7 heteroatoms. The van der Waals surface area contributed by atoms with E-state index in [-0.39, 0.29) is 32.2 Å². The van der Waals surface area contributed by atoms with E-state index in [9.17, 15) is 14.4 Å². The summed E-state index contributed by atoms with van der Waals surface area (Å²) in [5.74, 6) is -1.65. The maximum Gasteiger partial charge on any atom is 0.372 e. The number of hydrogen-bond acceptors (Lipinski definition) is 7. The van der Waals surface area contributed by atoms with Gasteiger partial charge >= 0.3 is 17.9 Å². The summed E-state index contributed by atoms with van der Waals surface area (Å²) in [7, 11) is 0. The van der Waals surface area contributed by atoms with Crippen molar-refractivity contribution in [3.8, 4) is 0 Å². The Labute approximate surface area is 141 Å². The second-order valence-corrected chi connectivity index (χ2v) is 4.57. The predicted molar refractivity (Wildman–Crippen MR) is 86.8 cm³/mol. The highest BCUT2D eigenvalue weighted by Gasteiger charge is 2.09. The SMILES string of the molecule is C=CC(=O)OCCCCOC(=C)C(=O)OCCCCOC(=O)C=C. The summed E-state index contributed by atoms with van der Waals surface area (Å²) in [6, 6.07) is 0. The number of esters is 3.